The lowest BCUT2D eigenvalue weighted by Crippen LogP contribution is -2.38. The molecule has 1 aromatic carbocycles. The summed E-state index contributed by atoms with van der Waals surface area (Å²) >= 11 is 0. The number of amides is 1. The van der Waals surface area contributed by atoms with Gasteiger partial charge in [0.2, 0.25) is 5.91 Å². The minimum Gasteiger partial charge on any atom is -0.508 e. The van der Waals surface area contributed by atoms with Gasteiger partial charge in [-0.1, -0.05) is 18.2 Å². The Morgan fingerprint density at radius 2 is 1.94 bits per heavy atom. The van der Waals surface area contributed by atoms with Gasteiger partial charge in [0.15, 0.2) is 0 Å². The third kappa shape index (κ3) is 5.68. The molecule has 0 radical (unpaired) electrons. The average molecular weight is 250 g/mol. The molecule has 0 heterocycles. The third-order valence-electron chi connectivity index (χ3n) is 2.48. The van der Waals surface area contributed by atoms with Gasteiger partial charge >= 0.3 is 0 Å². The number of phenols is 1. The maximum absolute atomic E-state index is 11.6. The van der Waals surface area contributed by atoms with E-state index < -0.39 is 0 Å². The minimum absolute atomic E-state index is 0.0185. The summed E-state index contributed by atoms with van der Waals surface area (Å²) < 4.78 is 0. The van der Waals surface area contributed by atoms with Crippen LogP contribution in [0.1, 0.15) is 32.8 Å². The lowest BCUT2D eigenvalue weighted by atomic mass is 10.1. The van der Waals surface area contributed by atoms with Crippen molar-refractivity contribution in [3.8, 4) is 5.75 Å². The number of nitrogens with one attached hydrogen (secondary N) is 2. The van der Waals surface area contributed by atoms with Gasteiger partial charge < -0.3 is 15.7 Å². The van der Waals surface area contributed by atoms with Crippen molar-refractivity contribution in [3.05, 3.63) is 29.8 Å². The van der Waals surface area contributed by atoms with E-state index in [2.05, 4.69) is 31.4 Å². The van der Waals surface area contributed by atoms with Gasteiger partial charge in [-0.15, -0.1) is 0 Å². The Morgan fingerprint density at radius 3 is 2.56 bits per heavy atom. The minimum atomic E-state index is -0.0185. The Labute approximate surface area is 108 Å². The Kier molecular flexibility index (Phi) is 5.16. The number of benzene rings is 1. The van der Waals surface area contributed by atoms with Gasteiger partial charge in [0.25, 0.3) is 0 Å². The molecule has 4 nitrogen and oxygen atoms in total. The largest absolute Gasteiger partial charge is 0.508 e. The van der Waals surface area contributed by atoms with E-state index in [1.807, 2.05) is 6.07 Å². The number of hydrogen-bond acceptors (Lipinski definition) is 3. The van der Waals surface area contributed by atoms with Crippen LogP contribution in [-0.4, -0.2) is 23.1 Å². The highest BCUT2D eigenvalue weighted by atomic mass is 16.3. The number of phenolic OH excluding ortho intramolecular Hbond substituents is 1. The molecule has 100 valence electrons. The molecule has 0 saturated heterocycles. The molecule has 18 heavy (non-hydrogen) atoms. The fourth-order valence-electron chi connectivity index (χ4n) is 1.49. The van der Waals surface area contributed by atoms with Gasteiger partial charge in [0.05, 0.1) is 0 Å². The molecule has 0 aliphatic heterocycles. The molecule has 1 amide bonds. The van der Waals surface area contributed by atoms with Gasteiger partial charge in [-0.2, -0.15) is 0 Å². The Balaban J connectivity index is 2.28. The molecule has 0 saturated carbocycles. The van der Waals surface area contributed by atoms with E-state index in [9.17, 15) is 9.90 Å². The highest BCUT2D eigenvalue weighted by Crippen LogP contribution is 2.14. The average Bonchev–Trinajstić information content (AvgIpc) is 2.26. The highest BCUT2D eigenvalue weighted by Gasteiger charge is 2.09. The fraction of sp³-hybridized carbons (Fsp3) is 0.500. The Hall–Kier alpha value is -1.55. The van der Waals surface area contributed by atoms with E-state index in [-0.39, 0.29) is 17.2 Å². The summed E-state index contributed by atoms with van der Waals surface area (Å²) in [6, 6.07) is 7.00. The van der Waals surface area contributed by atoms with Crippen LogP contribution in [0.5, 0.6) is 5.75 Å². The van der Waals surface area contributed by atoms with Gasteiger partial charge in [-0.05, 0) is 26.8 Å². The van der Waals surface area contributed by atoms with Gasteiger partial charge in [-0.25, -0.2) is 0 Å². The van der Waals surface area contributed by atoms with Crippen molar-refractivity contribution in [3.63, 3.8) is 0 Å². The standard InChI is InChI=1S/C14H22N2O2/c1-14(2,3)16-9-8-13(18)15-10-11-6-4-5-7-12(11)17/h4-7,16-17H,8-10H2,1-3H3,(H,15,18). The number of para-hydroxylation sites is 1. The lowest BCUT2D eigenvalue weighted by Gasteiger charge is -2.20. The topological polar surface area (TPSA) is 61.4 Å². The van der Waals surface area contributed by atoms with Crippen LogP contribution in [0.25, 0.3) is 0 Å². The first-order chi connectivity index (χ1) is 8.38. The zero-order valence-corrected chi connectivity index (χ0v) is 11.3. The van der Waals surface area contributed by atoms with Crippen molar-refractivity contribution >= 4 is 5.91 Å². The molecule has 0 aliphatic carbocycles. The monoisotopic (exact) mass is 250 g/mol. The number of carbonyl (C=O) groups excluding carboxylic acids is 1. The SMILES string of the molecule is CC(C)(C)NCCC(=O)NCc1ccccc1O. The van der Waals surface area contributed by atoms with Crippen molar-refractivity contribution in [2.75, 3.05) is 6.54 Å². The first-order valence-electron chi connectivity index (χ1n) is 6.17. The predicted octanol–water partition coefficient (Wildman–Crippen LogP) is 1.79. The molecule has 4 heteroatoms. The highest BCUT2D eigenvalue weighted by molar-refractivity contribution is 5.76. The molecule has 0 aliphatic rings. The quantitative estimate of drug-likeness (QED) is 0.746. The number of aromatic hydroxyl groups is 1. The summed E-state index contributed by atoms with van der Waals surface area (Å²) in [5, 5.41) is 15.6. The van der Waals surface area contributed by atoms with Gasteiger partial charge in [-0.3, -0.25) is 4.79 Å². The summed E-state index contributed by atoms with van der Waals surface area (Å²) in [5.41, 5.74) is 0.757. The second kappa shape index (κ2) is 6.40. The fourth-order valence-corrected chi connectivity index (χ4v) is 1.49. The predicted molar refractivity (Wildman–Crippen MR) is 72.3 cm³/mol. The lowest BCUT2D eigenvalue weighted by molar-refractivity contribution is -0.121. The summed E-state index contributed by atoms with van der Waals surface area (Å²) in [6.45, 7) is 7.20. The molecule has 0 aromatic heterocycles. The third-order valence-corrected chi connectivity index (χ3v) is 2.48. The molecule has 0 unspecified atom stereocenters. The van der Waals surface area contributed by atoms with Crippen molar-refractivity contribution in [1.29, 1.82) is 0 Å². The molecule has 1 rings (SSSR count). The smallest absolute Gasteiger partial charge is 0.221 e. The van der Waals surface area contributed by atoms with Crippen molar-refractivity contribution in [2.24, 2.45) is 0 Å². The van der Waals surface area contributed by atoms with Crippen LogP contribution in [0.2, 0.25) is 0 Å². The molecule has 3 N–H and O–H groups in total. The molecule has 0 spiro atoms. The maximum atomic E-state index is 11.6. The zero-order valence-electron chi connectivity index (χ0n) is 11.3. The summed E-state index contributed by atoms with van der Waals surface area (Å²) in [7, 11) is 0. The number of hydrogen-bond donors (Lipinski definition) is 3. The first kappa shape index (κ1) is 14.5. The Morgan fingerprint density at radius 1 is 1.28 bits per heavy atom. The van der Waals surface area contributed by atoms with Crippen LogP contribution >= 0.6 is 0 Å². The molecule has 1 aromatic rings. The molecular weight excluding hydrogens is 228 g/mol. The number of rotatable bonds is 5. The van der Waals surface area contributed by atoms with Crippen LogP contribution < -0.4 is 10.6 Å². The van der Waals surface area contributed by atoms with Crippen LogP contribution in [0.4, 0.5) is 0 Å². The summed E-state index contributed by atoms with van der Waals surface area (Å²) in [6.07, 6.45) is 0.435. The molecule has 0 bridgehead atoms. The van der Waals surface area contributed by atoms with Crippen LogP contribution in [0.15, 0.2) is 24.3 Å². The maximum Gasteiger partial charge on any atom is 0.221 e. The van der Waals surface area contributed by atoms with E-state index in [1.165, 1.54) is 0 Å². The Bertz CT molecular complexity index is 397. The molecular formula is C14H22N2O2. The van der Waals surface area contributed by atoms with Crippen molar-refractivity contribution in [1.82, 2.24) is 10.6 Å². The zero-order chi connectivity index (χ0) is 13.6. The van der Waals surface area contributed by atoms with Crippen molar-refractivity contribution < 1.29 is 9.90 Å². The molecule has 0 atom stereocenters. The first-order valence-corrected chi connectivity index (χ1v) is 6.17. The summed E-state index contributed by atoms with van der Waals surface area (Å²) in [5.74, 6) is 0.195. The second-order valence-corrected chi connectivity index (χ2v) is 5.33. The van der Waals surface area contributed by atoms with Crippen LogP contribution in [0.3, 0.4) is 0 Å². The summed E-state index contributed by atoms with van der Waals surface area (Å²) in [4.78, 5) is 11.6. The number of carbonyl (C=O) groups is 1. The van der Waals surface area contributed by atoms with Gasteiger partial charge in [0, 0.05) is 30.6 Å². The van der Waals surface area contributed by atoms with Crippen LogP contribution in [0, 0.1) is 0 Å². The van der Waals surface area contributed by atoms with E-state index in [4.69, 9.17) is 0 Å². The van der Waals surface area contributed by atoms with Crippen LogP contribution in [-0.2, 0) is 11.3 Å². The second-order valence-electron chi connectivity index (χ2n) is 5.33. The van der Waals surface area contributed by atoms with Gasteiger partial charge in [0.1, 0.15) is 5.75 Å². The normalized spacial score (nSPS) is 11.3. The van der Waals surface area contributed by atoms with E-state index >= 15 is 0 Å². The van der Waals surface area contributed by atoms with E-state index in [0.717, 1.165) is 5.56 Å². The van der Waals surface area contributed by atoms with E-state index in [0.29, 0.717) is 19.5 Å². The molecule has 0 fully saturated rings. The van der Waals surface area contributed by atoms with E-state index in [1.54, 1.807) is 18.2 Å². The van der Waals surface area contributed by atoms with Crippen molar-refractivity contribution in [2.45, 2.75) is 39.3 Å².